The van der Waals surface area contributed by atoms with Gasteiger partial charge in [0.05, 0.1) is 17.4 Å². The molecule has 0 saturated heterocycles. The van der Waals surface area contributed by atoms with Crippen molar-refractivity contribution in [2.45, 2.75) is 86.6 Å². The fourth-order valence-corrected chi connectivity index (χ4v) is 5.59. The largest absolute Gasteiger partial charge is 0.378 e. The summed E-state index contributed by atoms with van der Waals surface area (Å²) in [7, 11) is 0. The quantitative estimate of drug-likeness (QED) is 0.416. The lowest BCUT2D eigenvalue weighted by Crippen LogP contribution is -2.27. The Morgan fingerprint density at radius 2 is 1.60 bits per heavy atom. The molecule has 4 heterocycles. The molecule has 2 aliphatic heterocycles. The van der Waals surface area contributed by atoms with E-state index in [-0.39, 0.29) is 6.04 Å². The van der Waals surface area contributed by atoms with Crippen molar-refractivity contribution in [3.8, 4) is 0 Å². The average Bonchev–Trinajstić information content (AvgIpc) is 3.46. The van der Waals surface area contributed by atoms with Crippen molar-refractivity contribution >= 4 is 17.9 Å². The predicted molar refractivity (Wildman–Crippen MR) is 149 cm³/mol. The fourth-order valence-electron chi connectivity index (χ4n) is 5.59. The molecule has 0 aliphatic carbocycles. The molecule has 35 heavy (non-hydrogen) atoms. The Morgan fingerprint density at radius 1 is 0.857 bits per heavy atom. The Labute approximate surface area is 211 Å². The van der Waals surface area contributed by atoms with Gasteiger partial charge in [-0.1, -0.05) is 33.8 Å². The van der Waals surface area contributed by atoms with Crippen molar-refractivity contribution in [3.63, 3.8) is 0 Å². The van der Waals surface area contributed by atoms with Gasteiger partial charge in [-0.05, 0) is 104 Å². The van der Waals surface area contributed by atoms with E-state index in [1.807, 2.05) is 18.3 Å². The van der Waals surface area contributed by atoms with E-state index in [9.17, 15) is 0 Å². The first-order chi connectivity index (χ1) is 16.9. The van der Waals surface area contributed by atoms with Crippen molar-refractivity contribution < 1.29 is 0 Å². The molecule has 0 spiro atoms. The standard InChI is InChI=1S/C31H40N4/c1-8-23-24(9-2)30(34-28(23)16-22-14-12-13-15-32-22)18-31-26(11-4)25(10-3)29(35-31)17-27-20(6)19(5)21(7)33-27/h12-17,30,33-34H,8-11,18H2,1-7H3. The van der Waals surface area contributed by atoms with E-state index < -0.39 is 0 Å². The minimum atomic E-state index is 0.277. The van der Waals surface area contributed by atoms with Crippen LogP contribution in [0, 0.1) is 20.8 Å². The molecule has 2 N–H and O–H groups in total. The summed E-state index contributed by atoms with van der Waals surface area (Å²) in [6, 6.07) is 6.35. The average molecular weight is 469 g/mol. The number of aromatic nitrogens is 2. The molecular weight excluding hydrogens is 428 g/mol. The van der Waals surface area contributed by atoms with Gasteiger partial charge < -0.3 is 10.3 Å². The summed E-state index contributed by atoms with van der Waals surface area (Å²) in [5.41, 5.74) is 15.4. The molecule has 2 aliphatic rings. The highest BCUT2D eigenvalue weighted by Crippen LogP contribution is 2.37. The van der Waals surface area contributed by atoms with Crippen LogP contribution in [0.25, 0.3) is 12.2 Å². The number of hydrogen-bond donors (Lipinski definition) is 2. The molecule has 0 saturated carbocycles. The second kappa shape index (κ2) is 10.6. The minimum Gasteiger partial charge on any atom is -0.378 e. The van der Waals surface area contributed by atoms with Crippen LogP contribution in [0.3, 0.4) is 0 Å². The first kappa shape index (κ1) is 25.0. The normalized spacial score (nSPS) is 20.4. The van der Waals surface area contributed by atoms with Crippen LogP contribution < -0.4 is 5.32 Å². The number of rotatable bonds is 8. The van der Waals surface area contributed by atoms with Gasteiger partial charge in [-0.25, -0.2) is 0 Å². The number of nitrogens with one attached hydrogen (secondary N) is 2. The molecule has 4 nitrogen and oxygen atoms in total. The summed E-state index contributed by atoms with van der Waals surface area (Å²) in [6.07, 6.45) is 11.3. The van der Waals surface area contributed by atoms with Crippen LogP contribution in [0.15, 0.2) is 63.1 Å². The Balaban J connectivity index is 1.69. The van der Waals surface area contributed by atoms with E-state index in [4.69, 9.17) is 4.99 Å². The van der Waals surface area contributed by atoms with Crippen LogP contribution in [-0.4, -0.2) is 21.7 Å². The zero-order valence-corrected chi connectivity index (χ0v) is 22.5. The lowest BCUT2D eigenvalue weighted by Gasteiger charge is -2.17. The number of pyridine rings is 1. The maximum atomic E-state index is 5.25. The molecule has 0 fully saturated rings. The van der Waals surface area contributed by atoms with Crippen molar-refractivity contribution in [1.82, 2.24) is 15.3 Å². The summed E-state index contributed by atoms with van der Waals surface area (Å²) >= 11 is 0. The summed E-state index contributed by atoms with van der Waals surface area (Å²) < 4.78 is 0. The van der Waals surface area contributed by atoms with Gasteiger partial charge in [0.2, 0.25) is 0 Å². The van der Waals surface area contributed by atoms with Crippen LogP contribution in [0.5, 0.6) is 0 Å². The van der Waals surface area contributed by atoms with Crippen molar-refractivity contribution in [2.75, 3.05) is 0 Å². The summed E-state index contributed by atoms with van der Waals surface area (Å²) in [5, 5.41) is 3.85. The Bertz CT molecular complexity index is 1250. The highest BCUT2D eigenvalue weighted by Gasteiger charge is 2.31. The van der Waals surface area contributed by atoms with Gasteiger partial charge in [-0.15, -0.1) is 0 Å². The molecule has 1 unspecified atom stereocenters. The van der Waals surface area contributed by atoms with Gasteiger partial charge >= 0.3 is 0 Å². The molecule has 0 aromatic carbocycles. The number of aliphatic imine (C=N–C) groups is 1. The van der Waals surface area contributed by atoms with Crippen LogP contribution in [-0.2, 0) is 0 Å². The van der Waals surface area contributed by atoms with Crippen LogP contribution >= 0.6 is 0 Å². The monoisotopic (exact) mass is 468 g/mol. The fraction of sp³-hybridized carbons (Fsp3) is 0.419. The maximum absolute atomic E-state index is 5.25. The maximum Gasteiger partial charge on any atom is 0.0689 e. The lowest BCUT2D eigenvalue weighted by atomic mass is 9.92. The second-order valence-corrected chi connectivity index (χ2v) is 9.59. The molecule has 0 radical (unpaired) electrons. The zero-order chi connectivity index (χ0) is 25.1. The Morgan fingerprint density at radius 3 is 2.17 bits per heavy atom. The van der Waals surface area contributed by atoms with Gasteiger partial charge in [0, 0.05) is 35.4 Å². The predicted octanol–water partition coefficient (Wildman–Crippen LogP) is 7.77. The molecule has 0 amide bonds. The third kappa shape index (κ3) is 4.84. The SMILES string of the molecule is CCC1=C(CC)C(CC2NC(=Cc3ccccn3)C(CC)=C2CC)=NC1=Cc1[nH]c(C)c(C)c1C. The highest BCUT2D eigenvalue weighted by atomic mass is 15.0. The van der Waals surface area contributed by atoms with E-state index in [2.05, 4.69) is 82.0 Å². The van der Waals surface area contributed by atoms with E-state index in [1.165, 1.54) is 56.2 Å². The third-order valence-electron chi connectivity index (χ3n) is 7.69. The number of hydrogen-bond acceptors (Lipinski definition) is 3. The molecule has 2 aromatic rings. The van der Waals surface area contributed by atoms with Gasteiger partial charge in [0.1, 0.15) is 0 Å². The summed E-state index contributed by atoms with van der Waals surface area (Å²) in [5.74, 6) is 0. The number of nitrogens with zero attached hydrogens (tertiary/aromatic N) is 2. The third-order valence-corrected chi connectivity index (χ3v) is 7.69. The first-order valence-electron chi connectivity index (χ1n) is 13.2. The van der Waals surface area contributed by atoms with Crippen LogP contribution in [0.2, 0.25) is 0 Å². The van der Waals surface area contributed by atoms with E-state index in [0.717, 1.165) is 43.5 Å². The molecule has 4 rings (SSSR count). The van der Waals surface area contributed by atoms with Crippen LogP contribution in [0.4, 0.5) is 0 Å². The summed E-state index contributed by atoms with van der Waals surface area (Å²) in [4.78, 5) is 13.3. The van der Waals surface area contributed by atoms with Gasteiger partial charge in [-0.2, -0.15) is 0 Å². The molecule has 184 valence electrons. The Hall–Kier alpha value is -3.14. The van der Waals surface area contributed by atoms with E-state index in [0.29, 0.717) is 0 Å². The molecule has 2 aromatic heterocycles. The van der Waals surface area contributed by atoms with Crippen LogP contribution in [0.1, 0.15) is 88.0 Å². The number of aryl methyl sites for hydroxylation is 1. The summed E-state index contributed by atoms with van der Waals surface area (Å²) in [6.45, 7) is 15.6. The smallest absolute Gasteiger partial charge is 0.0689 e. The van der Waals surface area contributed by atoms with E-state index >= 15 is 0 Å². The highest BCUT2D eigenvalue weighted by molar-refractivity contribution is 6.06. The van der Waals surface area contributed by atoms with Crippen molar-refractivity contribution in [2.24, 2.45) is 4.99 Å². The molecular formula is C31H40N4. The zero-order valence-electron chi connectivity index (χ0n) is 22.5. The molecule has 1 atom stereocenters. The van der Waals surface area contributed by atoms with E-state index in [1.54, 1.807) is 0 Å². The lowest BCUT2D eigenvalue weighted by molar-refractivity contribution is 0.687. The number of H-pyrrole nitrogens is 1. The van der Waals surface area contributed by atoms with Crippen molar-refractivity contribution in [3.05, 3.63) is 86.3 Å². The Kier molecular flexibility index (Phi) is 7.59. The first-order valence-corrected chi connectivity index (χ1v) is 13.2. The van der Waals surface area contributed by atoms with Gasteiger partial charge in [0.15, 0.2) is 0 Å². The minimum absolute atomic E-state index is 0.277. The van der Waals surface area contributed by atoms with Gasteiger partial charge in [-0.3, -0.25) is 9.98 Å². The second-order valence-electron chi connectivity index (χ2n) is 9.59. The van der Waals surface area contributed by atoms with Gasteiger partial charge in [0.25, 0.3) is 0 Å². The number of aromatic amines is 1. The van der Waals surface area contributed by atoms with Crippen molar-refractivity contribution in [1.29, 1.82) is 0 Å². The molecule has 4 heteroatoms. The topological polar surface area (TPSA) is 53.1 Å². The number of allylic oxidation sites excluding steroid dienone is 3. The molecule has 0 bridgehead atoms.